The number of aryl methyl sites for hydroxylation is 2. The molecule has 0 unspecified atom stereocenters. The van der Waals surface area contributed by atoms with E-state index in [1.807, 2.05) is 36.3 Å². The van der Waals surface area contributed by atoms with Gasteiger partial charge in [0.25, 0.3) is 5.91 Å². The Balaban J connectivity index is 1.65. The summed E-state index contributed by atoms with van der Waals surface area (Å²) in [4.78, 5) is 31.9. The van der Waals surface area contributed by atoms with Crippen molar-refractivity contribution >= 4 is 28.3 Å². The van der Waals surface area contributed by atoms with Crippen LogP contribution in [0.25, 0.3) is 0 Å². The fourth-order valence-corrected chi connectivity index (χ4v) is 4.35. The van der Waals surface area contributed by atoms with Crippen LogP contribution in [-0.2, 0) is 4.79 Å². The number of carbonyl (C=O) groups excluding carboxylic acids is 2. The molecule has 6 heteroatoms. The fraction of sp³-hybridized carbons (Fsp3) is 0.476. The third-order valence-corrected chi connectivity index (χ3v) is 5.67. The van der Waals surface area contributed by atoms with E-state index in [2.05, 4.69) is 30.2 Å². The Hall–Kier alpha value is -2.21. The number of hydrogen-bond donors (Lipinski definition) is 1. The number of amides is 2. The molecule has 0 bridgehead atoms. The molecule has 0 saturated carbocycles. The summed E-state index contributed by atoms with van der Waals surface area (Å²) in [7, 11) is 0. The number of piperidine rings is 1. The number of nitrogens with zero attached hydrogens (tertiary/aromatic N) is 2. The summed E-state index contributed by atoms with van der Waals surface area (Å²) >= 11 is 1.45. The highest BCUT2D eigenvalue weighted by atomic mass is 32.1. The van der Waals surface area contributed by atoms with Crippen LogP contribution in [-0.4, -0.2) is 34.8 Å². The van der Waals surface area contributed by atoms with Crippen molar-refractivity contribution in [1.29, 1.82) is 0 Å². The quantitative estimate of drug-likeness (QED) is 0.850. The van der Waals surface area contributed by atoms with Crippen LogP contribution < -0.4 is 5.32 Å². The van der Waals surface area contributed by atoms with Gasteiger partial charge in [-0.15, -0.1) is 11.3 Å². The van der Waals surface area contributed by atoms with Gasteiger partial charge in [0.2, 0.25) is 5.91 Å². The van der Waals surface area contributed by atoms with Crippen molar-refractivity contribution in [2.45, 2.75) is 46.5 Å². The molecule has 1 aliphatic rings. The lowest BCUT2D eigenvalue weighted by molar-refractivity contribution is -0.121. The maximum atomic E-state index is 12.9. The van der Waals surface area contributed by atoms with Gasteiger partial charge in [0, 0.05) is 24.0 Å². The predicted molar refractivity (Wildman–Crippen MR) is 109 cm³/mol. The monoisotopic (exact) mass is 385 g/mol. The van der Waals surface area contributed by atoms with Crippen LogP contribution in [0.1, 0.15) is 59.8 Å². The Bertz CT molecular complexity index is 823. The molecule has 27 heavy (non-hydrogen) atoms. The SMILES string of the molecule is Cc1cc(C)cc(C(=O)N2CCC[C@H](C(=O)Nc3nc(C(C)C)cs3)C2)c1. The first-order valence-electron chi connectivity index (χ1n) is 9.47. The second-order valence-electron chi connectivity index (χ2n) is 7.69. The van der Waals surface area contributed by atoms with Crippen molar-refractivity contribution in [3.63, 3.8) is 0 Å². The Morgan fingerprint density at radius 1 is 1.22 bits per heavy atom. The van der Waals surface area contributed by atoms with Crippen molar-refractivity contribution in [2.24, 2.45) is 5.92 Å². The van der Waals surface area contributed by atoms with Crippen LogP contribution in [0, 0.1) is 19.8 Å². The highest BCUT2D eigenvalue weighted by Gasteiger charge is 2.29. The Morgan fingerprint density at radius 2 is 1.93 bits per heavy atom. The van der Waals surface area contributed by atoms with Crippen molar-refractivity contribution < 1.29 is 9.59 Å². The number of rotatable bonds is 4. The third-order valence-electron chi connectivity index (χ3n) is 4.89. The smallest absolute Gasteiger partial charge is 0.253 e. The second kappa shape index (κ2) is 8.21. The molecule has 1 N–H and O–H groups in total. The molecule has 1 saturated heterocycles. The summed E-state index contributed by atoms with van der Waals surface area (Å²) in [6.07, 6.45) is 1.63. The lowest BCUT2D eigenvalue weighted by Crippen LogP contribution is -2.43. The summed E-state index contributed by atoms with van der Waals surface area (Å²) in [5.74, 6) is 0.112. The second-order valence-corrected chi connectivity index (χ2v) is 8.55. The average Bonchev–Trinajstić information content (AvgIpc) is 3.09. The van der Waals surface area contributed by atoms with Gasteiger partial charge in [-0.1, -0.05) is 31.0 Å². The highest BCUT2D eigenvalue weighted by Crippen LogP contribution is 2.24. The third kappa shape index (κ3) is 4.75. The zero-order valence-electron chi connectivity index (χ0n) is 16.4. The number of hydrogen-bond acceptors (Lipinski definition) is 4. The van der Waals surface area contributed by atoms with E-state index in [1.165, 1.54) is 11.3 Å². The van der Waals surface area contributed by atoms with E-state index in [9.17, 15) is 9.59 Å². The van der Waals surface area contributed by atoms with Crippen LogP contribution >= 0.6 is 11.3 Å². The molecular formula is C21H27N3O2S. The van der Waals surface area contributed by atoms with Crippen molar-refractivity contribution in [1.82, 2.24) is 9.88 Å². The van der Waals surface area contributed by atoms with E-state index in [-0.39, 0.29) is 17.7 Å². The summed E-state index contributed by atoms with van der Waals surface area (Å²) in [6, 6.07) is 5.90. The standard InChI is InChI=1S/C21H27N3O2S/c1-13(2)18-12-27-21(22-18)23-19(25)16-6-5-7-24(11-16)20(26)17-9-14(3)8-15(4)10-17/h8-10,12-13,16H,5-7,11H2,1-4H3,(H,22,23,25)/t16-/m0/s1. The molecule has 0 radical (unpaired) electrons. The number of thiazole rings is 1. The zero-order valence-corrected chi connectivity index (χ0v) is 17.2. The summed E-state index contributed by atoms with van der Waals surface area (Å²) < 4.78 is 0. The zero-order chi connectivity index (χ0) is 19.6. The van der Waals surface area contributed by atoms with Crippen molar-refractivity contribution in [2.75, 3.05) is 18.4 Å². The number of anilines is 1. The number of likely N-dealkylation sites (tertiary alicyclic amines) is 1. The Labute approximate surface area is 164 Å². The van der Waals surface area contributed by atoms with Crippen LogP contribution in [0.5, 0.6) is 0 Å². The summed E-state index contributed by atoms with van der Waals surface area (Å²) in [5.41, 5.74) is 3.85. The molecule has 1 aliphatic heterocycles. The predicted octanol–water partition coefficient (Wildman–Crippen LogP) is 4.37. The van der Waals surface area contributed by atoms with Crippen LogP contribution in [0.4, 0.5) is 5.13 Å². The Morgan fingerprint density at radius 3 is 2.56 bits per heavy atom. The fourth-order valence-electron chi connectivity index (χ4n) is 3.47. The minimum atomic E-state index is -0.194. The van der Waals surface area contributed by atoms with Gasteiger partial charge < -0.3 is 10.2 Å². The molecule has 0 aliphatic carbocycles. The molecule has 1 fully saturated rings. The molecular weight excluding hydrogens is 358 g/mol. The van der Waals surface area contributed by atoms with Gasteiger partial charge in [0.15, 0.2) is 5.13 Å². The van der Waals surface area contributed by atoms with Gasteiger partial charge in [-0.25, -0.2) is 4.98 Å². The summed E-state index contributed by atoms with van der Waals surface area (Å²) in [6.45, 7) is 9.31. The molecule has 3 rings (SSSR count). The van der Waals surface area contributed by atoms with Gasteiger partial charge in [-0.2, -0.15) is 0 Å². The van der Waals surface area contributed by atoms with Crippen LogP contribution in [0.15, 0.2) is 23.6 Å². The topological polar surface area (TPSA) is 62.3 Å². The van der Waals surface area contributed by atoms with E-state index >= 15 is 0 Å². The molecule has 1 aromatic heterocycles. The van der Waals surface area contributed by atoms with Gasteiger partial charge in [-0.05, 0) is 44.7 Å². The minimum Gasteiger partial charge on any atom is -0.338 e. The minimum absolute atomic E-state index is 0.00985. The maximum Gasteiger partial charge on any atom is 0.253 e. The van der Waals surface area contributed by atoms with Crippen LogP contribution in [0.3, 0.4) is 0 Å². The average molecular weight is 386 g/mol. The van der Waals surface area contributed by atoms with Gasteiger partial charge >= 0.3 is 0 Å². The first-order valence-corrected chi connectivity index (χ1v) is 10.4. The molecule has 144 valence electrons. The van der Waals surface area contributed by atoms with E-state index in [1.54, 1.807) is 0 Å². The number of nitrogens with one attached hydrogen (secondary N) is 1. The van der Waals surface area contributed by atoms with E-state index in [0.29, 0.717) is 29.7 Å². The highest BCUT2D eigenvalue weighted by molar-refractivity contribution is 7.13. The molecule has 1 aromatic carbocycles. The first kappa shape index (κ1) is 19.5. The normalized spacial score (nSPS) is 17.2. The molecule has 2 aromatic rings. The molecule has 1 atom stereocenters. The van der Waals surface area contributed by atoms with E-state index < -0.39 is 0 Å². The number of benzene rings is 1. The Kier molecular flexibility index (Phi) is 5.95. The summed E-state index contributed by atoms with van der Waals surface area (Å²) in [5, 5.41) is 5.56. The molecule has 2 amide bonds. The lowest BCUT2D eigenvalue weighted by Gasteiger charge is -2.32. The lowest BCUT2D eigenvalue weighted by atomic mass is 9.96. The largest absolute Gasteiger partial charge is 0.338 e. The number of carbonyl (C=O) groups is 2. The molecule has 2 heterocycles. The van der Waals surface area contributed by atoms with Gasteiger partial charge in [0.1, 0.15) is 0 Å². The van der Waals surface area contributed by atoms with E-state index in [0.717, 1.165) is 29.7 Å². The van der Waals surface area contributed by atoms with Gasteiger partial charge in [0.05, 0.1) is 11.6 Å². The number of aromatic nitrogens is 1. The van der Waals surface area contributed by atoms with Gasteiger partial charge in [-0.3, -0.25) is 9.59 Å². The van der Waals surface area contributed by atoms with Crippen molar-refractivity contribution in [3.8, 4) is 0 Å². The molecule has 0 spiro atoms. The van der Waals surface area contributed by atoms with Crippen LogP contribution in [0.2, 0.25) is 0 Å². The van der Waals surface area contributed by atoms with E-state index in [4.69, 9.17) is 0 Å². The van der Waals surface area contributed by atoms with Crippen molar-refractivity contribution in [3.05, 3.63) is 46.0 Å². The first-order chi connectivity index (χ1) is 12.8. The molecule has 5 nitrogen and oxygen atoms in total. The maximum absolute atomic E-state index is 12.9.